The Kier molecular flexibility index (Phi) is 5.20. The zero-order chi connectivity index (χ0) is 24.7. The third-order valence-corrected chi connectivity index (χ3v) is 5.52. The lowest BCUT2D eigenvalue weighted by molar-refractivity contribution is -0.154. The number of nitrogens with one attached hydrogen (secondary N) is 4. The molecule has 4 aliphatic heterocycles. The van der Waals surface area contributed by atoms with Gasteiger partial charge >= 0.3 is 0 Å². The van der Waals surface area contributed by atoms with Crippen LogP contribution in [-0.4, -0.2) is 51.8 Å². The van der Waals surface area contributed by atoms with Gasteiger partial charge in [0.05, 0.1) is 18.4 Å². The fraction of sp³-hybridized carbons (Fsp3) is 0.174. The van der Waals surface area contributed by atoms with Crippen LogP contribution in [0.4, 0.5) is 38.9 Å². The molecule has 8 bridgehead atoms. The van der Waals surface area contributed by atoms with Gasteiger partial charge in [-0.2, -0.15) is 4.98 Å². The number of benzene rings is 2. The number of anilines is 6. The molecular formula is C23H20FN7O4. The van der Waals surface area contributed by atoms with Gasteiger partial charge in [0.2, 0.25) is 11.9 Å². The number of carbonyl (C=O) groups is 3. The summed E-state index contributed by atoms with van der Waals surface area (Å²) in [6, 6.07) is 11.4. The van der Waals surface area contributed by atoms with E-state index in [1.54, 1.807) is 30.3 Å². The lowest BCUT2D eigenvalue weighted by Gasteiger charge is -2.35. The van der Waals surface area contributed by atoms with Crippen molar-refractivity contribution in [2.75, 3.05) is 34.9 Å². The summed E-state index contributed by atoms with van der Waals surface area (Å²) in [5, 5.41) is 11.2. The van der Waals surface area contributed by atoms with Gasteiger partial charge in [0, 0.05) is 24.1 Å². The molecule has 0 fully saturated rings. The van der Waals surface area contributed by atoms with Gasteiger partial charge < -0.3 is 30.9 Å². The number of likely N-dealkylation sites (N-methyl/N-ethyl adjacent to an activating group) is 1. The molecule has 0 saturated carbocycles. The van der Waals surface area contributed by atoms with Gasteiger partial charge in [0.25, 0.3) is 17.4 Å². The molecule has 5 heterocycles. The van der Waals surface area contributed by atoms with Crippen LogP contribution in [0.3, 0.4) is 0 Å². The Morgan fingerprint density at radius 2 is 1.74 bits per heavy atom. The number of ether oxygens (including phenoxy) is 1. The van der Waals surface area contributed by atoms with Crippen LogP contribution >= 0.6 is 0 Å². The maximum atomic E-state index is 14.4. The van der Waals surface area contributed by atoms with Crippen LogP contribution in [0.5, 0.6) is 5.75 Å². The average Bonchev–Trinajstić information content (AvgIpc) is 2.81. The molecule has 35 heavy (non-hydrogen) atoms. The molecular weight excluding hydrogens is 457 g/mol. The number of hydrogen-bond donors (Lipinski definition) is 4. The summed E-state index contributed by atoms with van der Waals surface area (Å²) >= 11 is 0. The van der Waals surface area contributed by atoms with Crippen LogP contribution in [0.2, 0.25) is 0 Å². The van der Waals surface area contributed by atoms with E-state index in [4.69, 9.17) is 4.74 Å². The van der Waals surface area contributed by atoms with Crippen molar-refractivity contribution in [1.29, 1.82) is 0 Å². The Bertz CT molecular complexity index is 1380. The Labute approximate surface area is 198 Å². The number of halogens is 1. The van der Waals surface area contributed by atoms with E-state index in [1.807, 2.05) is 0 Å². The molecule has 4 aliphatic rings. The second kappa shape index (κ2) is 8.24. The number of fused-ring (bicyclic) bond motifs is 2. The van der Waals surface area contributed by atoms with Crippen molar-refractivity contribution in [2.45, 2.75) is 12.5 Å². The van der Waals surface area contributed by atoms with E-state index in [0.717, 1.165) is 11.1 Å². The number of aromatic nitrogens is 2. The molecule has 0 radical (unpaired) electrons. The van der Waals surface area contributed by atoms with Crippen LogP contribution < -0.4 is 26.0 Å². The molecule has 1 atom stereocenters. The standard InChI is InChI=1S/C23H20FN7O4/c1-23-20(33)29-16-9-14(6-7-17(16)35-23)27-19-15(24)10-25-22(30-19)28-13-5-3-4-12(8-13)26-18(32)11-31(2)21(23)34/h3-10H,11H2,1-2H3,(H,26,32)(H,29,33)(H2,25,27,28,30)/t23-/m0/s1. The Morgan fingerprint density at radius 3 is 2.54 bits per heavy atom. The predicted octanol–water partition coefficient (Wildman–Crippen LogP) is 2.60. The molecule has 0 aliphatic carbocycles. The molecule has 178 valence electrons. The minimum Gasteiger partial charge on any atom is -0.466 e. The highest BCUT2D eigenvalue weighted by atomic mass is 19.1. The summed E-state index contributed by atoms with van der Waals surface area (Å²) in [5.41, 5.74) is -0.204. The van der Waals surface area contributed by atoms with E-state index in [1.165, 1.54) is 26.1 Å². The molecule has 0 unspecified atom stereocenters. The van der Waals surface area contributed by atoms with Crippen molar-refractivity contribution < 1.29 is 23.5 Å². The largest absolute Gasteiger partial charge is 0.466 e. The third-order valence-electron chi connectivity index (χ3n) is 5.52. The summed E-state index contributed by atoms with van der Waals surface area (Å²) in [7, 11) is 1.41. The fourth-order valence-corrected chi connectivity index (χ4v) is 3.75. The van der Waals surface area contributed by atoms with Crippen LogP contribution in [0, 0.1) is 5.82 Å². The number of amides is 3. The third kappa shape index (κ3) is 4.16. The quantitative estimate of drug-likeness (QED) is 0.363. The van der Waals surface area contributed by atoms with E-state index in [-0.39, 0.29) is 29.7 Å². The molecule has 11 nitrogen and oxygen atoms in total. The second-order valence-corrected chi connectivity index (χ2v) is 8.23. The van der Waals surface area contributed by atoms with E-state index in [2.05, 4.69) is 31.2 Å². The van der Waals surface area contributed by atoms with Gasteiger partial charge in [-0.15, -0.1) is 0 Å². The first kappa shape index (κ1) is 22.1. The Hall–Kier alpha value is -4.74. The van der Waals surface area contributed by atoms with Crippen LogP contribution in [0.25, 0.3) is 0 Å². The van der Waals surface area contributed by atoms with Crippen molar-refractivity contribution in [3.8, 4) is 5.75 Å². The van der Waals surface area contributed by atoms with E-state index in [0.29, 0.717) is 17.1 Å². The number of nitrogens with zero attached hydrogens (tertiary/aromatic N) is 3. The van der Waals surface area contributed by atoms with Crippen LogP contribution in [0.15, 0.2) is 48.7 Å². The molecule has 3 aromatic rings. The topological polar surface area (TPSA) is 138 Å². The Morgan fingerprint density at radius 1 is 1.00 bits per heavy atom. The monoisotopic (exact) mass is 477 g/mol. The molecule has 12 heteroatoms. The first-order valence-electron chi connectivity index (χ1n) is 10.6. The van der Waals surface area contributed by atoms with E-state index < -0.39 is 29.1 Å². The van der Waals surface area contributed by atoms with Gasteiger partial charge in [0.1, 0.15) is 5.75 Å². The zero-order valence-electron chi connectivity index (χ0n) is 18.7. The summed E-state index contributed by atoms with van der Waals surface area (Å²) < 4.78 is 20.2. The highest BCUT2D eigenvalue weighted by molar-refractivity contribution is 6.16. The van der Waals surface area contributed by atoms with Gasteiger partial charge in [-0.1, -0.05) is 6.07 Å². The molecule has 3 amide bonds. The van der Waals surface area contributed by atoms with E-state index >= 15 is 0 Å². The number of carbonyl (C=O) groups excluding carboxylic acids is 3. The van der Waals surface area contributed by atoms with Gasteiger partial charge in [0.15, 0.2) is 11.6 Å². The van der Waals surface area contributed by atoms with Crippen molar-refractivity contribution in [1.82, 2.24) is 14.9 Å². The molecule has 4 N–H and O–H groups in total. The highest BCUT2D eigenvalue weighted by Crippen LogP contribution is 2.37. The highest BCUT2D eigenvalue weighted by Gasteiger charge is 2.49. The van der Waals surface area contributed by atoms with Crippen LogP contribution in [-0.2, 0) is 14.4 Å². The van der Waals surface area contributed by atoms with Crippen molar-refractivity contribution in [3.05, 3.63) is 54.5 Å². The smallest absolute Gasteiger partial charge is 0.278 e. The summed E-state index contributed by atoms with van der Waals surface area (Å²) in [4.78, 5) is 47.9. The van der Waals surface area contributed by atoms with Gasteiger partial charge in [-0.05, 0) is 43.3 Å². The van der Waals surface area contributed by atoms with Crippen molar-refractivity contribution in [2.24, 2.45) is 0 Å². The zero-order valence-corrected chi connectivity index (χ0v) is 18.7. The van der Waals surface area contributed by atoms with Crippen molar-refractivity contribution in [3.63, 3.8) is 0 Å². The van der Waals surface area contributed by atoms with Crippen molar-refractivity contribution >= 4 is 52.2 Å². The molecule has 7 rings (SSSR count). The van der Waals surface area contributed by atoms with Crippen LogP contribution in [0.1, 0.15) is 6.92 Å². The van der Waals surface area contributed by atoms with Gasteiger partial charge in [-0.3, -0.25) is 14.4 Å². The first-order valence-corrected chi connectivity index (χ1v) is 10.6. The number of rotatable bonds is 0. The lowest BCUT2D eigenvalue weighted by Crippen LogP contribution is -2.59. The lowest BCUT2D eigenvalue weighted by atomic mass is 10.0. The minimum absolute atomic E-state index is 0.102. The first-order chi connectivity index (χ1) is 16.7. The molecule has 0 saturated heterocycles. The Balaban J connectivity index is 1.58. The fourth-order valence-electron chi connectivity index (χ4n) is 3.75. The predicted molar refractivity (Wildman–Crippen MR) is 125 cm³/mol. The summed E-state index contributed by atoms with van der Waals surface area (Å²) in [5.74, 6) is -2.32. The SMILES string of the molecule is CN1CC(=O)Nc2cccc(c2)Nc2ncc(F)c(n2)Nc2ccc3c(c2)NC(=O)[C@](C)(O3)C1=O. The molecule has 1 aromatic heterocycles. The molecule has 2 aromatic carbocycles. The summed E-state index contributed by atoms with van der Waals surface area (Å²) in [6.45, 7) is 1.02. The maximum absolute atomic E-state index is 14.4. The minimum atomic E-state index is -1.89. The average molecular weight is 477 g/mol. The summed E-state index contributed by atoms with van der Waals surface area (Å²) in [6.07, 6.45) is 1.02. The molecule has 0 spiro atoms. The number of hydrogen-bond acceptors (Lipinski definition) is 8. The second-order valence-electron chi connectivity index (χ2n) is 8.23. The normalized spacial score (nSPS) is 19.4. The maximum Gasteiger partial charge on any atom is 0.278 e. The van der Waals surface area contributed by atoms with Gasteiger partial charge in [-0.25, -0.2) is 9.37 Å². The van der Waals surface area contributed by atoms with E-state index in [9.17, 15) is 18.8 Å².